The topological polar surface area (TPSA) is 23.9 Å². The number of hydrogen-bond acceptors (Lipinski definition) is 1. The van der Waals surface area contributed by atoms with Gasteiger partial charge < -0.3 is 0 Å². The van der Waals surface area contributed by atoms with E-state index >= 15 is 0 Å². The molecular formula is C9H11NSe. The van der Waals surface area contributed by atoms with E-state index in [2.05, 4.69) is 12.1 Å². The van der Waals surface area contributed by atoms with Gasteiger partial charge in [0.15, 0.2) is 0 Å². The fourth-order valence-electron chi connectivity index (χ4n) is 0.766. The van der Waals surface area contributed by atoms with Crippen LogP contribution in [0.15, 0.2) is 30.3 Å². The zero-order chi connectivity index (χ0) is 8.10. The molecule has 1 aromatic rings. The maximum absolute atomic E-state index is 7.27. The number of nitrogens with one attached hydrogen (secondary N) is 1. The van der Waals surface area contributed by atoms with Crippen molar-refractivity contribution in [3.05, 3.63) is 35.9 Å². The molecule has 0 aromatic heterocycles. The Balaban J connectivity index is 2.45. The molecule has 0 atom stereocenters. The van der Waals surface area contributed by atoms with Crippen molar-refractivity contribution in [1.29, 1.82) is 5.41 Å². The average Bonchev–Trinajstić information content (AvgIpc) is 2.03. The van der Waals surface area contributed by atoms with E-state index in [0.717, 1.165) is 9.93 Å². The van der Waals surface area contributed by atoms with Gasteiger partial charge in [0.05, 0.1) is 0 Å². The Hall–Kier alpha value is -0.591. The SMILES string of the molecule is CC(=N)[Se]Cc1ccccc1. The van der Waals surface area contributed by atoms with E-state index in [1.165, 1.54) is 5.56 Å². The summed E-state index contributed by atoms with van der Waals surface area (Å²) in [6.45, 7) is 1.88. The third kappa shape index (κ3) is 3.35. The number of benzene rings is 1. The van der Waals surface area contributed by atoms with Gasteiger partial charge in [-0.1, -0.05) is 0 Å². The van der Waals surface area contributed by atoms with E-state index in [1.807, 2.05) is 25.1 Å². The molecule has 2 heteroatoms. The van der Waals surface area contributed by atoms with Gasteiger partial charge in [-0.3, -0.25) is 0 Å². The molecule has 1 nitrogen and oxygen atoms in total. The van der Waals surface area contributed by atoms with Crippen LogP contribution in [-0.2, 0) is 5.32 Å². The van der Waals surface area contributed by atoms with Crippen molar-refractivity contribution >= 4 is 19.6 Å². The predicted molar refractivity (Wildman–Crippen MR) is 49.3 cm³/mol. The van der Waals surface area contributed by atoms with Gasteiger partial charge >= 0.3 is 73.1 Å². The molecule has 0 heterocycles. The summed E-state index contributed by atoms with van der Waals surface area (Å²) in [5.74, 6) is 0. The molecule has 0 saturated heterocycles. The van der Waals surface area contributed by atoms with Gasteiger partial charge in [0, 0.05) is 0 Å². The standard InChI is InChI=1S/C9H11NSe/c1-8(10)11-7-9-5-3-2-4-6-9/h2-6,10H,7H2,1H3. The zero-order valence-electron chi connectivity index (χ0n) is 6.50. The van der Waals surface area contributed by atoms with E-state index in [0.29, 0.717) is 15.0 Å². The van der Waals surface area contributed by atoms with E-state index in [1.54, 1.807) is 0 Å². The molecule has 0 bridgehead atoms. The van der Waals surface area contributed by atoms with Gasteiger partial charge in [-0.15, -0.1) is 0 Å². The third-order valence-electron chi connectivity index (χ3n) is 1.30. The normalized spacial score (nSPS) is 9.55. The summed E-state index contributed by atoms with van der Waals surface area (Å²) in [7, 11) is 0. The van der Waals surface area contributed by atoms with Gasteiger partial charge in [0.25, 0.3) is 0 Å². The van der Waals surface area contributed by atoms with Crippen LogP contribution in [0.4, 0.5) is 0 Å². The molecule has 0 amide bonds. The van der Waals surface area contributed by atoms with Gasteiger partial charge in [0.1, 0.15) is 0 Å². The van der Waals surface area contributed by atoms with E-state index in [9.17, 15) is 0 Å². The molecule has 0 aliphatic rings. The third-order valence-corrected chi connectivity index (χ3v) is 3.21. The minimum absolute atomic E-state index is 0.362. The first-order valence-electron chi connectivity index (χ1n) is 3.51. The van der Waals surface area contributed by atoms with Crippen molar-refractivity contribution in [1.82, 2.24) is 0 Å². The molecule has 0 fully saturated rings. The Kier molecular flexibility index (Phi) is 3.34. The Labute approximate surface area is 73.5 Å². The van der Waals surface area contributed by atoms with Crippen LogP contribution in [0.25, 0.3) is 0 Å². The van der Waals surface area contributed by atoms with E-state index in [-0.39, 0.29) is 0 Å². The second kappa shape index (κ2) is 4.32. The van der Waals surface area contributed by atoms with Gasteiger partial charge in [-0.2, -0.15) is 0 Å². The van der Waals surface area contributed by atoms with Crippen LogP contribution in [0.1, 0.15) is 12.5 Å². The van der Waals surface area contributed by atoms with Crippen LogP contribution >= 0.6 is 0 Å². The second-order valence-corrected chi connectivity index (χ2v) is 4.83. The van der Waals surface area contributed by atoms with Crippen LogP contribution in [-0.4, -0.2) is 19.6 Å². The van der Waals surface area contributed by atoms with Crippen molar-refractivity contribution < 1.29 is 0 Å². The van der Waals surface area contributed by atoms with Crippen molar-refractivity contribution in [2.75, 3.05) is 0 Å². The monoisotopic (exact) mass is 213 g/mol. The quantitative estimate of drug-likeness (QED) is 0.584. The summed E-state index contributed by atoms with van der Waals surface area (Å²) in [4.78, 5) is 0. The van der Waals surface area contributed by atoms with Crippen LogP contribution in [0, 0.1) is 5.41 Å². The summed E-state index contributed by atoms with van der Waals surface area (Å²) in [6.07, 6.45) is 0. The molecule has 0 radical (unpaired) electrons. The molecule has 0 spiro atoms. The molecule has 0 saturated carbocycles. The van der Waals surface area contributed by atoms with Crippen LogP contribution in [0.2, 0.25) is 0 Å². The molecule has 0 unspecified atom stereocenters. The fourth-order valence-corrected chi connectivity index (χ4v) is 1.97. The molecule has 0 aliphatic heterocycles. The number of rotatable bonds is 3. The average molecular weight is 212 g/mol. The molecule has 1 aromatic carbocycles. The summed E-state index contributed by atoms with van der Waals surface area (Å²) in [5, 5.41) is 8.33. The minimum atomic E-state index is 0.362. The molecule has 0 aliphatic carbocycles. The summed E-state index contributed by atoms with van der Waals surface area (Å²) < 4.78 is 0.821. The van der Waals surface area contributed by atoms with Crippen molar-refractivity contribution in [2.45, 2.75) is 12.2 Å². The molecule has 1 rings (SSSR count). The van der Waals surface area contributed by atoms with Crippen molar-refractivity contribution in [3.8, 4) is 0 Å². The second-order valence-electron chi connectivity index (χ2n) is 2.33. The van der Waals surface area contributed by atoms with Gasteiger partial charge in [-0.05, 0) is 0 Å². The van der Waals surface area contributed by atoms with Crippen molar-refractivity contribution in [2.24, 2.45) is 0 Å². The first kappa shape index (κ1) is 8.51. The zero-order valence-corrected chi connectivity index (χ0v) is 8.22. The van der Waals surface area contributed by atoms with Gasteiger partial charge in [-0.25, -0.2) is 0 Å². The van der Waals surface area contributed by atoms with Crippen LogP contribution in [0.3, 0.4) is 0 Å². The Morgan fingerprint density at radius 3 is 2.55 bits per heavy atom. The maximum atomic E-state index is 7.27. The summed E-state index contributed by atoms with van der Waals surface area (Å²) in [5.41, 5.74) is 1.35. The Morgan fingerprint density at radius 2 is 2.00 bits per heavy atom. The van der Waals surface area contributed by atoms with Crippen molar-refractivity contribution in [3.63, 3.8) is 0 Å². The Bertz CT molecular complexity index is 231. The molecule has 58 valence electrons. The Morgan fingerprint density at radius 1 is 1.36 bits per heavy atom. The number of hydrogen-bond donors (Lipinski definition) is 1. The van der Waals surface area contributed by atoms with Crippen LogP contribution < -0.4 is 0 Å². The summed E-state index contributed by atoms with van der Waals surface area (Å²) >= 11 is 0.362. The van der Waals surface area contributed by atoms with Crippen LogP contribution in [0.5, 0.6) is 0 Å². The fraction of sp³-hybridized carbons (Fsp3) is 0.222. The van der Waals surface area contributed by atoms with E-state index < -0.39 is 0 Å². The first-order chi connectivity index (χ1) is 5.29. The molecular weight excluding hydrogens is 201 g/mol. The molecule has 1 N–H and O–H groups in total. The summed E-state index contributed by atoms with van der Waals surface area (Å²) in [6, 6.07) is 10.3. The first-order valence-corrected chi connectivity index (χ1v) is 5.57. The van der Waals surface area contributed by atoms with E-state index in [4.69, 9.17) is 5.41 Å². The predicted octanol–water partition coefficient (Wildman–Crippen LogP) is 1.89. The van der Waals surface area contributed by atoms with Gasteiger partial charge in [0.2, 0.25) is 0 Å². The molecule has 11 heavy (non-hydrogen) atoms.